The van der Waals surface area contributed by atoms with E-state index in [4.69, 9.17) is 9.47 Å². The zero-order valence-electron chi connectivity index (χ0n) is 15.9. The molecule has 0 spiro atoms. The molecule has 1 aliphatic heterocycles. The second kappa shape index (κ2) is 7.77. The van der Waals surface area contributed by atoms with Crippen molar-refractivity contribution in [2.24, 2.45) is 0 Å². The van der Waals surface area contributed by atoms with Gasteiger partial charge < -0.3 is 9.47 Å². The van der Waals surface area contributed by atoms with Crippen LogP contribution in [0.25, 0.3) is 0 Å². The van der Waals surface area contributed by atoms with E-state index in [2.05, 4.69) is 0 Å². The van der Waals surface area contributed by atoms with Gasteiger partial charge in [0.2, 0.25) is 6.10 Å². The maximum Gasteiger partial charge on any atom is 0.426 e. The molecule has 1 heterocycles. The molecule has 1 atom stereocenters. The first-order chi connectivity index (χ1) is 13.6. The maximum absolute atomic E-state index is 13.8. The van der Waals surface area contributed by atoms with Crippen LogP contribution in [0.3, 0.4) is 0 Å². The van der Waals surface area contributed by atoms with Crippen LogP contribution in [-0.4, -0.2) is 37.5 Å². The topological polar surface area (TPSA) is 55.8 Å². The fraction of sp³-hybridized carbons (Fsp3) is 0.333. The van der Waals surface area contributed by atoms with Crippen molar-refractivity contribution >= 4 is 17.7 Å². The Labute approximate surface area is 166 Å². The van der Waals surface area contributed by atoms with Crippen LogP contribution in [0.2, 0.25) is 0 Å². The van der Waals surface area contributed by atoms with Gasteiger partial charge in [0.15, 0.2) is 0 Å². The fourth-order valence-corrected chi connectivity index (χ4v) is 3.22. The molecule has 1 saturated heterocycles. The fourth-order valence-electron chi connectivity index (χ4n) is 3.22. The molecule has 3 rings (SSSR count). The van der Waals surface area contributed by atoms with E-state index in [0.717, 1.165) is 0 Å². The molecule has 2 aromatic carbocycles. The first-order valence-electron chi connectivity index (χ1n) is 8.98. The number of nitrogens with zero attached hydrogens (tertiary/aromatic N) is 1. The van der Waals surface area contributed by atoms with Crippen molar-refractivity contribution in [2.45, 2.75) is 31.5 Å². The van der Waals surface area contributed by atoms with E-state index in [9.17, 15) is 22.8 Å². The molecule has 0 saturated carbocycles. The molecule has 29 heavy (non-hydrogen) atoms. The van der Waals surface area contributed by atoms with Crippen molar-refractivity contribution in [3.05, 3.63) is 65.7 Å². The lowest BCUT2D eigenvalue weighted by molar-refractivity contribution is -0.221. The quantitative estimate of drug-likeness (QED) is 0.674. The second-order valence-electron chi connectivity index (χ2n) is 7.23. The summed E-state index contributed by atoms with van der Waals surface area (Å²) in [5.74, 6) is -1.09. The minimum atomic E-state index is -4.76. The highest BCUT2D eigenvalue weighted by Gasteiger charge is 2.52. The Kier molecular flexibility index (Phi) is 5.55. The summed E-state index contributed by atoms with van der Waals surface area (Å²) in [6.45, 7) is 3.39. The third-order valence-electron chi connectivity index (χ3n) is 4.87. The van der Waals surface area contributed by atoms with Gasteiger partial charge >= 0.3 is 18.2 Å². The number of alkyl halides is 3. The van der Waals surface area contributed by atoms with Crippen LogP contribution in [0.15, 0.2) is 54.6 Å². The van der Waals surface area contributed by atoms with Gasteiger partial charge in [-0.25, -0.2) is 9.59 Å². The standard InChI is InChI=1S/C21H20F3NO4/c1-20(2,15-6-4-3-5-7-15)18(21(22,23)24)29-17(26)14-8-10-16(11-9-14)25-12-13-28-19(25)27/h3-11,18H,12-13H2,1-2H3. The molecule has 0 aliphatic carbocycles. The molecular formula is C21H20F3NO4. The van der Waals surface area contributed by atoms with E-state index in [1.54, 1.807) is 30.3 Å². The zero-order chi connectivity index (χ0) is 21.2. The highest BCUT2D eigenvalue weighted by atomic mass is 19.4. The van der Waals surface area contributed by atoms with E-state index in [-0.39, 0.29) is 12.2 Å². The van der Waals surface area contributed by atoms with Crippen LogP contribution in [0.1, 0.15) is 29.8 Å². The molecule has 0 aromatic heterocycles. The number of carbonyl (C=O) groups excluding carboxylic acids is 2. The van der Waals surface area contributed by atoms with Crippen molar-refractivity contribution in [1.29, 1.82) is 0 Å². The van der Waals surface area contributed by atoms with Gasteiger partial charge in [-0.1, -0.05) is 44.2 Å². The molecule has 1 amide bonds. The molecule has 0 N–H and O–H groups in total. The van der Waals surface area contributed by atoms with Crippen LogP contribution < -0.4 is 4.90 Å². The van der Waals surface area contributed by atoms with Crippen molar-refractivity contribution < 1.29 is 32.2 Å². The highest BCUT2D eigenvalue weighted by molar-refractivity contribution is 5.92. The van der Waals surface area contributed by atoms with Gasteiger partial charge in [0.05, 0.1) is 12.1 Å². The number of anilines is 1. The Hall–Kier alpha value is -3.03. The van der Waals surface area contributed by atoms with E-state index in [0.29, 0.717) is 17.8 Å². The van der Waals surface area contributed by atoms with Gasteiger partial charge in [-0.3, -0.25) is 4.90 Å². The molecule has 1 fully saturated rings. The van der Waals surface area contributed by atoms with Gasteiger partial charge in [0, 0.05) is 11.1 Å². The minimum Gasteiger partial charge on any atom is -0.448 e. The third kappa shape index (κ3) is 4.36. The molecule has 5 nitrogen and oxygen atoms in total. The number of carbonyl (C=O) groups is 2. The predicted octanol–water partition coefficient (Wildman–Crippen LogP) is 4.71. The first kappa shape index (κ1) is 20.7. The number of rotatable bonds is 5. The molecule has 0 radical (unpaired) electrons. The lowest BCUT2D eigenvalue weighted by Crippen LogP contribution is -2.47. The summed E-state index contributed by atoms with van der Waals surface area (Å²) in [6, 6.07) is 13.7. The monoisotopic (exact) mass is 407 g/mol. The lowest BCUT2D eigenvalue weighted by atomic mass is 9.79. The van der Waals surface area contributed by atoms with E-state index in [1.165, 1.54) is 43.0 Å². The van der Waals surface area contributed by atoms with Crippen molar-refractivity contribution in [1.82, 2.24) is 0 Å². The zero-order valence-corrected chi connectivity index (χ0v) is 15.9. The van der Waals surface area contributed by atoms with Crippen molar-refractivity contribution in [3.63, 3.8) is 0 Å². The summed E-state index contributed by atoms with van der Waals surface area (Å²) in [5.41, 5.74) is -0.646. The van der Waals surface area contributed by atoms with Gasteiger partial charge in [-0.15, -0.1) is 0 Å². The molecule has 1 unspecified atom stereocenters. The summed E-state index contributed by atoms with van der Waals surface area (Å²) in [6.07, 6.45) is -7.60. The summed E-state index contributed by atoms with van der Waals surface area (Å²) in [5, 5.41) is 0. The third-order valence-corrected chi connectivity index (χ3v) is 4.87. The summed E-state index contributed by atoms with van der Waals surface area (Å²) in [7, 11) is 0. The Balaban J connectivity index is 1.81. The summed E-state index contributed by atoms with van der Waals surface area (Å²) < 4.78 is 51.0. The average molecular weight is 407 g/mol. The summed E-state index contributed by atoms with van der Waals surface area (Å²) >= 11 is 0. The highest BCUT2D eigenvalue weighted by Crippen LogP contribution is 2.39. The normalized spacial score (nSPS) is 15.8. The van der Waals surface area contributed by atoms with Crippen LogP contribution in [0, 0.1) is 0 Å². The van der Waals surface area contributed by atoms with Crippen LogP contribution in [0.5, 0.6) is 0 Å². The number of cyclic esters (lactones) is 1. The Morgan fingerprint density at radius 2 is 1.69 bits per heavy atom. The smallest absolute Gasteiger partial charge is 0.426 e. The Bertz CT molecular complexity index is 879. The second-order valence-corrected chi connectivity index (χ2v) is 7.23. The number of benzene rings is 2. The molecular weight excluding hydrogens is 387 g/mol. The molecule has 1 aliphatic rings. The van der Waals surface area contributed by atoms with Crippen molar-refractivity contribution in [3.8, 4) is 0 Å². The van der Waals surface area contributed by atoms with Gasteiger partial charge in [-0.2, -0.15) is 13.2 Å². The maximum atomic E-state index is 13.8. The SMILES string of the molecule is CC(C)(c1ccccc1)C(OC(=O)c1ccc(N2CCOC2=O)cc1)C(F)(F)F. The minimum absolute atomic E-state index is 0.0422. The molecule has 8 heteroatoms. The largest absolute Gasteiger partial charge is 0.448 e. The van der Waals surface area contributed by atoms with Crippen molar-refractivity contribution in [2.75, 3.05) is 18.1 Å². The Morgan fingerprint density at radius 1 is 1.07 bits per heavy atom. The first-order valence-corrected chi connectivity index (χ1v) is 8.98. The number of halogens is 3. The van der Waals surface area contributed by atoms with Crippen LogP contribution in [0.4, 0.5) is 23.7 Å². The van der Waals surface area contributed by atoms with Gasteiger partial charge in [-0.05, 0) is 29.8 Å². The number of hydrogen-bond donors (Lipinski definition) is 0. The number of amides is 1. The molecule has 2 aromatic rings. The molecule has 0 bridgehead atoms. The summed E-state index contributed by atoms with van der Waals surface area (Å²) in [4.78, 5) is 25.4. The average Bonchev–Trinajstić information content (AvgIpc) is 3.11. The number of ether oxygens (including phenoxy) is 2. The van der Waals surface area contributed by atoms with Gasteiger partial charge in [0.25, 0.3) is 0 Å². The number of esters is 1. The van der Waals surface area contributed by atoms with E-state index in [1.807, 2.05) is 0 Å². The van der Waals surface area contributed by atoms with Gasteiger partial charge in [0.1, 0.15) is 6.61 Å². The lowest BCUT2D eigenvalue weighted by Gasteiger charge is -2.35. The van der Waals surface area contributed by atoms with E-state index >= 15 is 0 Å². The van der Waals surface area contributed by atoms with Crippen LogP contribution in [-0.2, 0) is 14.9 Å². The molecule has 154 valence electrons. The predicted molar refractivity (Wildman–Crippen MR) is 99.9 cm³/mol. The van der Waals surface area contributed by atoms with E-state index < -0.39 is 29.8 Å². The number of hydrogen-bond acceptors (Lipinski definition) is 4. The van der Waals surface area contributed by atoms with Crippen LogP contribution >= 0.6 is 0 Å². The Morgan fingerprint density at radius 3 is 2.21 bits per heavy atom.